The van der Waals surface area contributed by atoms with E-state index in [1.165, 1.54) is 0 Å². The van der Waals surface area contributed by atoms with Crippen molar-refractivity contribution in [3.63, 3.8) is 0 Å². The Morgan fingerprint density at radius 1 is 1.50 bits per heavy atom. The molecule has 0 spiro atoms. The van der Waals surface area contributed by atoms with Crippen LogP contribution >= 0.6 is 7.82 Å². The van der Waals surface area contributed by atoms with Gasteiger partial charge in [-0.25, -0.2) is 13.3 Å². The van der Waals surface area contributed by atoms with Crippen molar-refractivity contribution in [3.05, 3.63) is 0 Å². The largest absolute Gasteiger partial charge is 0.469 e. The molecule has 62 valence electrons. The first-order chi connectivity index (χ1) is 4.42. The maximum atomic E-state index is 11.3. The zero-order valence-electron chi connectivity index (χ0n) is 4.91. The van der Waals surface area contributed by atoms with Crippen LogP contribution in [0.3, 0.4) is 0 Å². The molecule has 10 heavy (non-hydrogen) atoms. The maximum absolute atomic E-state index is 11.3. The van der Waals surface area contributed by atoms with Gasteiger partial charge < -0.3 is 9.79 Å². The minimum Gasteiger partial charge on any atom is -0.303 e. The van der Waals surface area contributed by atoms with Crippen LogP contribution < -0.4 is 0 Å². The van der Waals surface area contributed by atoms with Crippen molar-refractivity contribution in [2.75, 3.05) is 6.61 Å². The highest BCUT2D eigenvalue weighted by Crippen LogP contribution is 2.35. The van der Waals surface area contributed by atoms with Gasteiger partial charge in [0.2, 0.25) is 6.43 Å². The lowest BCUT2D eigenvalue weighted by Gasteiger charge is -2.03. The molecule has 0 amide bonds. The molecule has 0 aliphatic rings. The molecule has 0 aliphatic heterocycles. The third-order valence-corrected chi connectivity index (χ3v) is 1.11. The van der Waals surface area contributed by atoms with Crippen LogP contribution in [0.5, 0.6) is 0 Å². The van der Waals surface area contributed by atoms with E-state index in [9.17, 15) is 13.3 Å². The van der Waals surface area contributed by atoms with Gasteiger partial charge in [0.05, 0.1) is 6.61 Å². The van der Waals surface area contributed by atoms with E-state index >= 15 is 0 Å². The molecular weight excluding hydrogens is 169 g/mol. The van der Waals surface area contributed by atoms with Crippen molar-refractivity contribution >= 4 is 7.82 Å². The van der Waals surface area contributed by atoms with Crippen molar-refractivity contribution in [2.24, 2.45) is 0 Å². The van der Waals surface area contributed by atoms with E-state index in [1.807, 2.05) is 0 Å². The summed E-state index contributed by atoms with van der Waals surface area (Å²) >= 11 is 0. The summed E-state index contributed by atoms with van der Waals surface area (Å²) in [6, 6.07) is 0. The molecule has 0 aliphatic carbocycles. The molecule has 0 heterocycles. The predicted molar refractivity (Wildman–Crippen MR) is 28.6 cm³/mol. The number of hydrogen-bond acceptors (Lipinski definition) is 2. The van der Waals surface area contributed by atoms with E-state index in [4.69, 9.17) is 9.79 Å². The molecule has 0 aromatic heterocycles. The number of hydrogen-bond donors (Lipinski definition) is 2. The molecule has 2 N–H and O–H groups in total. The number of rotatable bonds is 4. The van der Waals surface area contributed by atoms with Gasteiger partial charge in [-0.05, 0) is 0 Å². The van der Waals surface area contributed by atoms with E-state index in [0.717, 1.165) is 0 Å². The van der Waals surface area contributed by atoms with Crippen LogP contribution in [0.2, 0.25) is 0 Å². The first-order valence-electron chi connectivity index (χ1n) is 2.40. The minimum atomic E-state index is -4.56. The highest BCUT2D eigenvalue weighted by molar-refractivity contribution is 7.46. The molecule has 0 radical (unpaired) electrons. The van der Waals surface area contributed by atoms with Crippen LogP contribution in [-0.2, 0) is 9.09 Å². The summed E-state index contributed by atoms with van der Waals surface area (Å²) in [6.45, 7) is -0.623. The quantitative estimate of drug-likeness (QED) is 0.620. The van der Waals surface area contributed by atoms with Gasteiger partial charge in [0, 0.05) is 6.42 Å². The Morgan fingerprint density at radius 3 is 2.30 bits per heavy atom. The summed E-state index contributed by atoms with van der Waals surface area (Å²) in [5, 5.41) is 0. The molecule has 4 nitrogen and oxygen atoms in total. The monoisotopic (exact) mass is 176 g/mol. The van der Waals surface area contributed by atoms with Crippen molar-refractivity contribution in [2.45, 2.75) is 12.8 Å². The van der Waals surface area contributed by atoms with Gasteiger partial charge in [0.15, 0.2) is 0 Å². The Labute approximate surface area is 56.1 Å². The van der Waals surface area contributed by atoms with E-state index < -0.39 is 27.3 Å². The highest BCUT2D eigenvalue weighted by atomic mass is 31.2. The summed E-state index contributed by atoms with van der Waals surface area (Å²) in [5.74, 6) is 0. The lowest BCUT2D eigenvalue weighted by Crippen LogP contribution is -1.98. The molecule has 7 heteroatoms. The van der Waals surface area contributed by atoms with E-state index in [2.05, 4.69) is 4.52 Å². The molecular formula is C3H7F2O4P. The Hall–Kier alpha value is -0.0300. The minimum absolute atomic E-state index is 0.623. The van der Waals surface area contributed by atoms with Gasteiger partial charge in [-0.1, -0.05) is 0 Å². The Balaban J connectivity index is 3.30. The lowest BCUT2D eigenvalue weighted by molar-refractivity contribution is 0.102. The van der Waals surface area contributed by atoms with Crippen LogP contribution in [0.4, 0.5) is 8.78 Å². The molecule has 0 rings (SSSR count). The van der Waals surface area contributed by atoms with Crippen molar-refractivity contribution < 1.29 is 27.7 Å². The Bertz CT molecular complexity index is 132. The number of alkyl halides is 2. The molecule has 0 atom stereocenters. The Kier molecular flexibility index (Phi) is 3.96. The summed E-state index contributed by atoms with van der Waals surface area (Å²) in [4.78, 5) is 15.9. The molecule has 0 unspecified atom stereocenters. The zero-order valence-corrected chi connectivity index (χ0v) is 5.80. The van der Waals surface area contributed by atoms with Crippen LogP contribution in [-0.4, -0.2) is 22.8 Å². The fourth-order valence-corrected chi connectivity index (χ4v) is 0.604. The summed E-state index contributed by atoms with van der Waals surface area (Å²) in [5.41, 5.74) is 0. The molecule has 0 bridgehead atoms. The normalized spacial score (nSPS) is 12.5. The van der Waals surface area contributed by atoms with Crippen molar-refractivity contribution in [1.82, 2.24) is 0 Å². The van der Waals surface area contributed by atoms with Gasteiger partial charge in [0.1, 0.15) is 0 Å². The van der Waals surface area contributed by atoms with Crippen molar-refractivity contribution in [3.8, 4) is 0 Å². The third-order valence-electron chi connectivity index (χ3n) is 0.596. The SMILES string of the molecule is O=P(O)(O)OCCC(F)F. The second-order valence-electron chi connectivity index (χ2n) is 1.50. The van der Waals surface area contributed by atoms with E-state index in [0.29, 0.717) is 0 Å². The first kappa shape index (κ1) is 9.97. The van der Waals surface area contributed by atoms with Crippen LogP contribution in [0.25, 0.3) is 0 Å². The van der Waals surface area contributed by atoms with E-state index in [-0.39, 0.29) is 0 Å². The lowest BCUT2D eigenvalue weighted by atomic mass is 10.5. The molecule has 0 fully saturated rings. The van der Waals surface area contributed by atoms with E-state index in [1.54, 1.807) is 0 Å². The number of phosphoric acid groups is 1. The number of halogens is 2. The van der Waals surface area contributed by atoms with Gasteiger partial charge in [0.25, 0.3) is 0 Å². The zero-order chi connectivity index (χ0) is 8.20. The fraction of sp³-hybridized carbons (Fsp3) is 1.00. The van der Waals surface area contributed by atoms with Gasteiger partial charge >= 0.3 is 7.82 Å². The van der Waals surface area contributed by atoms with Crippen LogP contribution in [0, 0.1) is 0 Å². The van der Waals surface area contributed by atoms with Gasteiger partial charge in [-0.15, -0.1) is 0 Å². The maximum Gasteiger partial charge on any atom is 0.469 e. The second kappa shape index (κ2) is 3.98. The Morgan fingerprint density at radius 2 is 2.00 bits per heavy atom. The standard InChI is InChI=1S/C3H7F2O4P/c4-3(5)1-2-9-10(6,7)8/h3H,1-2H2,(H2,6,7,8). The smallest absolute Gasteiger partial charge is 0.303 e. The average molecular weight is 176 g/mol. The fourth-order valence-electron chi connectivity index (χ4n) is 0.261. The number of phosphoric ester groups is 1. The van der Waals surface area contributed by atoms with Crippen molar-refractivity contribution in [1.29, 1.82) is 0 Å². The first-order valence-corrected chi connectivity index (χ1v) is 3.93. The molecule has 0 saturated heterocycles. The molecule has 0 aromatic carbocycles. The topological polar surface area (TPSA) is 66.8 Å². The third kappa shape index (κ3) is 7.97. The van der Waals surface area contributed by atoms with Gasteiger partial charge in [-0.2, -0.15) is 0 Å². The summed E-state index contributed by atoms with van der Waals surface area (Å²) in [7, 11) is -4.56. The van der Waals surface area contributed by atoms with Crippen LogP contribution in [0.15, 0.2) is 0 Å². The second-order valence-corrected chi connectivity index (χ2v) is 2.74. The van der Waals surface area contributed by atoms with Gasteiger partial charge in [-0.3, -0.25) is 4.52 Å². The summed E-state index contributed by atoms with van der Waals surface area (Å²) < 4.78 is 36.1. The summed E-state index contributed by atoms with van der Waals surface area (Å²) in [6.07, 6.45) is -3.25. The highest BCUT2D eigenvalue weighted by Gasteiger charge is 2.14. The molecule has 0 aromatic rings. The molecule has 0 saturated carbocycles. The average Bonchev–Trinajstić information content (AvgIpc) is 1.59. The predicted octanol–water partition coefficient (Wildman–Crippen LogP) is 0.751. The van der Waals surface area contributed by atoms with Crippen LogP contribution in [0.1, 0.15) is 6.42 Å².